The number of ether oxygens (including phenoxy) is 4. The molecule has 25 heavy (non-hydrogen) atoms. The second-order valence-corrected chi connectivity index (χ2v) is 6.07. The molecule has 1 aliphatic carbocycles. The summed E-state index contributed by atoms with van der Waals surface area (Å²) >= 11 is 0. The van der Waals surface area contributed by atoms with Gasteiger partial charge in [-0.15, -0.1) is 0 Å². The first kappa shape index (κ1) is 15.7. The highest BCUT2D eigenvalue weighted by atomic mass is 16.8. The number of hydrogen-bond acceptors (Lipinski definition) is 7. The quantitative estimate of drug-likeness (QED) is 0.609. The smallest absolute Gasteiger partial charge is 0.489 e. The molecule has 1 aromatic heterocycles. The average Bonchev–Trinajstić information content (AvgIpc) is 3.16. The van der Waals surface area contributed by atoms with Crippen molar-refractivity contribution in [1.82, 2.24) is 4.98 Å². The highest BCUT2D eigenvalue weighted by molar-refractivity contribution is 5.84. The van der Waals surface area contributed by atoms with E-state index in [1.54, 1.807) is 12.3 Å². The third kappa shape index (κ3) is 3.22. The first-order chi connectivity index (χ1) is 12.2. The predicted molar refractivity (Wildman–Crippen MR) is 86.1 cm³/mol. The highest BCUT2D eigenvalue weighted by Crippen LogP contribution is 2.35. The zero-order chi connectivity index (χ0) is 17.2. The summed E-state index contributed by atoms with van der Waals surface area (Å²) in [5.74, 6) is 0.0967. The van der Waals surface area contributed by atoms with Gasteiger partial charge in [-0.25, -0.2) is 4.79 Å². The van der Waals surface area contributed by atoms with Crippen LogP contribution in [0.1, 0.15) is 12.8 Å². The van der Waals surface area contributed by atoms with Crippen molar-refractivity contribution in [3.05, 3.63) is 36.5 Å². The zero-order valence-electron chi connectivity index (χ0n) is 13.4. The summed E-state index contributed by atoms with van der Waals surface area (Å²) in [5, 5.41) is 0.916. The van der Waals surface area contributed by atoms with E-state index in [0.29, 0.717) is 18.6 Å². The van der Waals surface area contributed by atoms with Crippen molar-refractivity contribution in [2.24, 2.45) is 5.92 Å². The summed E-state index contributed by atoms with van der Waals surface area (Å²) in [4.78, 5) is 27.4. The maximum absolute atomic E-state index is 12.1. The van der Waals surface area contributed by atoms with Crippen molar-refractivity contribution in [3.8, 4) is 5.75 Å². The molecule has 2 heterocycles. The lowest BCUT2D eigenvalue weighted by atomic mass is 10.1. The molecule has 0 N–H and O–H groups in total. The van der Waals surface area contributed by atoms with Gasteiger partial charge < -0.3 is 18.9 Å². The number of carbonyl (C=O) groups excluding carboxylic acids is 2. The molecular weight excluding hydrogens is 326 g/mol. The number of rotatable bonds is 5. The largest absolute Gasteiger partial charge is 0.509 e. The fourth-order valence-electron chi connectivity index (χ4n) is 3.28. The molecule has 7 nitrogen and oxygen atoms in total. The van der Waals surface area contributed by atoms with Gasteiger partial charge in [-0.1, -0.05) is 12.1 Å². The van der Waals surface area contributed by atoms with Crippen LogP contribution >= 0.6 is 0 Å². The number of para-hydroxylation sites is 1. The molecule has 1 unspecified atom stereocenters. The minimum atomic E-state index is -0.653. The van der Waals surface area contributed by atoms with Gasteiger partial charge in [0.15, 0.2) is 0 Å². The zero-order valence-corrected chi connectivity index (χ0v) is 13.4. The van der Waals surface area contributed by atoms with Crippen molar-refractivity contribution in [2.75, 3.05) is 13.2 Å². The van der Waals surface area contributed by atoms with Gasteiger partial charge in [0.25, 0.3) is 0 Å². The van der Waals surface area contributed by atoms with Gasteiger partial charge in [0.05, 0.1) is 11.4 Å². The Hall–Kier alpha value is -2.83. The van der Waals surface area contributed by atoms with E-state index in [1.165, 1.54) is 0 Å². The van der Waals surface area contributed by atoms with Gasteiger partial charge in [-0.2, -0.15) is 0 Å². The summed E-state index contributed by atoms with van der Waals surface area (Å²) in [6.07, 6.45) is 1.27. The number of pyridine rings is 1. The number of fused-ring (bicyclic) bond motifs is 2. The first-order valence-electron chi connectivity index (χ1n) is 8.21. The summed E-state index contributed by atoms with van der Waals surface area (Å²) in [6.45, 7) is 0.409. The van der Waals surface area contributed by atoms with E-state index in [-0.39, 0.29) is 37.3 Å². The van der Waals surface area contributed by atoms with Crippen LogP contribution < -0.4 is 4.74 Å². The third-order valence-corrected chi connectivity index (χ3v) is 4.47. The van der Waals surface area contributed by atoms with Gasteiger partial charge in [0.2, 0.25) is 0 Å². The van der Waals surface area contributed by atoms with Gasteiger partial charge >= 0.3 is 12.1 Å². The van der Waals surface area contributed by atoms with Crippen LogP contribution in [0.5, 0.6) is 5.75 Å². The SMILES string of the molecule is O=C1O[C@H]2CC(C(=O)OCCOc3ccnc4ccccc34)C[C@H]2O1. The van der Waals surface area contributed by atoms with E-state index in [9.17, 15) is 9.59 Å². The number of aromatic nitrogens is 1. The van der Waals surface area contributed by atoms with Crippen LogP contribution in [0, 0.1) is 5.92 Å². The van der Waals surface area contributed by atoms with Gasteiger partial charge in [-0.3, -0.25) is 9.78 Å². The van der Waals surface area contributed by atoms with Crippen molar-refractivity contribution < 1.29 is 28.5 Å². The normalized spacial score (nSPS) is 24.5. The lowest BCUT2D eigenvalue weighted by Gasteiger charge is -2.12. The fraction of sp³-hybridized carbons (Fsp3) is 0.389. The Morgan fingerprint density at radius 3 is 2.68 bits per heavy atom. The van der Waals surface area contributed by atoms with Crippen molar-refractivity contribution in [3.63, 3.8) is 0 Å². The highest BCUT2D eigenvalue weighted by Gasteiger charge is 2.47. The molecule has 2 aromatic rings. The summed E-state index contributed by atoms with van der Waals surface area (Å²) < 4.78 is 21.0. The molecule has 3 atom stereocenters. The van der Waals surface area contributed by atoms with Crippen LogP contribution in [0.3, 0.4) is 0 Å². The number of esters is 1. The van der Waals surface area contributed by atoms with Gasteiger partial charge in [-0.05, 0) is 18.2 Å². The Balaban J connectivity index is 1.26. The molecule has 1 saturated carbocycles. The van der Waals surface area contributed by atoms with E-state index in [4.69, 9.17) is 18.9 Å². The second kappa shape index (κ2) is 6.58. The standard InChI is InChI=1S/C18H17NO6/c20-17(11-9-15-16(10-11)25-18(21)24-15)23-8-7-22-14-5-6-19-13-4-2-1-3-12(13)14/h1-6,11,15-16H,7-10H2/t11?,15-,16+. The molecule has 0 bridgehead atoms. The molecule has 0 spiro atoms. The predicted octanol–water partition coefficient (Wildman–Crippen LogP) is 2.47. The van der Waals surface area contributed by atoms with Crippen LogP contribution in [0.15, 0.2) is 36.5 Å². The third-order valence-electron chi connectivity index (χ3n) is 4.47. The maximum atomic E-state index is 12.1. The average molecular weight is 343 g/mol. The van der Waals surface area contributed by atoms with Gasteiger partial charge in [0, 0.05) is 24.4 Å². The topological polar surface area (TPSA) is 84.0 Å². The monoisotopic (exact) mass is 343 g/mol. The van der Waals surface area contributed by atoms with Crippen molar-refractivity contribution in [1.29, 1.82) is 0 Å². The van der Waals surface area contributed by atoms with E-state index in [0.717, 1.165) is 10.9 Å². The molecule has 0 amide bonds. The van der Waals surface area contributed by atoms with Gasteiger partial charge in [0.1, 0.15) is 31.2 Å². The Labute approximate surface area is 143 Å². The lowest BCUT2D eigenvalue weighted by Crippen LogP contribution is -2.20. The molecule has 4 rings (SSSR count). The second-order valence-electron chi connectivity index (χ2n) is 6.07. The molecule has 7 heteroatoms. The molecular formula is C18H17NO6. The molecule has 2 aliphatic rings. The summed E-state index contributed by atoms with van der Waals surface area (Å²) in [7, 11) is 0. The lowest BCUT2D eigenvalue weighted by molar-refractivity contribution is -0.149. The maximum Gasteiger partial charge on any atom is 0.509 e. The van der Waals surface area contributed by atoms with E-state index in [2.05, 4.69) is 4.98 Å². The Morgan fingerprint density at radius 2 is 1.88 bits per heavy atom. The number of hydrogen-bond donors (Lipinski definition) is 0. The van der Waals surface area contributed by atoms with Crippen LogP contribution in [-0.2, 0) is 19.0 Å². The van der Waals surface area contributed by atoms with Crippen molar-refractivity contribution in [2.45, 2.75) is 25.0 Å². The Bertz CT molecular complexity index is 786. The first-order valence-corrected chi connectivity index (χ1v) is 8.21. The fourth-order valence-corrected chi connectivity index (χ4v) is 3.28. The molecule has 1 saturated heterocycles. The molecule has 130 valence electrons. The van der Waals surface area contributed by atoms with Crippen LogP contribution in [0.2, 0.25) is 0 Å². The minimum Gasteiger partial charge on any atom is -0.489 e. The molecule has 1 aromatic carbocycles. The molecule has 2 fully saturated rings. The molecule has 0 radical (unpaired) electrons. The van der Waals surface area contributed by atoms with Crippen molar-refractivity contribution >= 4 is 23.0 Å². The Morgan fingerprint density at radius 1 is 1.12 bits per heavy atom. The summed E-state index contributed by atoms with van der Waals surface area (Å²) in [6, 6.07) is 9.46. The van der Waals surface area contributed by atoms with E-state index < -0.39 is 6.16 Å². The van der Waals surface area contributed by atoms with Crippen LogP contribution in [-0.4, -0.2) is 42.5 Å². The van der Waals surface area contributed by atoms with Crippen LogP contribution in [0.4, 0.5) is 4.79 Å². The number of carbonyl (C=O) groups is 2. The number of nitrogens with zero attached hydrogens (tertiary/aromatic N) is 1. The Kier molecular flexibility index (Phi) is 4.13. The van der Waals surface area contributed by atoms with Crippen LogP contribution in [0.25, 0.3) is 10.9 Å². The molecule has 1 aliphatic heterocycles. The number of benzene rings is 1. The summed E-state index contributed by atoms with van der Waals surface area (Å²) in [5.41, 5.74) is 0.851. The van der Waals surface area contributed by atoms with E-state index >= 15 is 0 Å². The minimum absolute atomic E-state index is 0.155. The van der Waals surface area contributed by atoms with E-state index in [1.807, 2.05) is 24.3 Å².